The van der Waals surface area contributed by atoms with Gasteiger partial charge in [-0.3, -0.25) is 10.1 Å². The maximum atomic E-state index is 12.4. The molecular weight excluding hydrogens is 310 g/mol. The molecule has 1 aromatic carbocycles. The predicted molar refractivity (Wildman–Crippen MR) is 70.1 cm³/mol. The molecule has 1 saturated heterocycles. The van der Waals surface area contributed by atoms with Crippen LogP contribution in [0.2, 0.25) is 5.02 Å². The molecule has 1 aliphatic heterocycles. The van der Waals surface area contributed by atoms with E-state index in [2.05, 4.69) is 5.32 Å². The van der Waals surface area contributed by atoms with Crippen LogP contribution in [0.5, 0.6) is 0 Å². The predicted octanol–water partition coefficient (Wildman–Crippen LogP) is 1.27. The second-order valence-corrected chi connectivity index (χ2v) is 6.37. The number of nitro benzene ring substituents is 1. The van der Waals surface area contributed by atoms with Gasteiger partial charge in [0.1, 0.15) is 5.02 Å². The Labute approximate surface area is 119 Å². The molecule has 1 aliphatic rings. The number of rotatable bonds is 3. The van der Waals surface area contributed by atoms with E-state index < -0.39 is 26.7 Å². The molecule has 108 valence electrons. The third kappa shape index (κ3) is 2.29. The van der Waals surface area contributed by atoms with Crippen LogP contribution in [0.4, 0.5) is 10.5 Å². The largest absolute Gasteiger partial charge is 0.335 e. The van der Waals surface area contributed by atoms with Gasteiger partial charge in [-0.1, -0.05) is 11.6 Å². The Bertz CT molecular complexity index is 703. The van der Waals surface area contributed by atoms with Crippen LogP contribution >= 0.6 is 11.6 Å². The van der Waals surface area contributed by atoms with Gasteiger partial charge in [0.25, 0.3) is 15.7 Å². The summed E-state index contributed by atoms with van der Waals surface area (Å²) in [5, 5.41) is 13.0. The van der Waals surface area contributed by atoms with Crippen molar-refractivity contribution in [2.45, 2.75) is 11.8 Å². The number of aryl methyl sites for hydroxylation is 1. The fraction of sp³-hybridized carbons (Fsp3) is 0.300. The number of carbonyl (C=O) groups excluding carboxylic acids is 1. The number of nitro groups is 1. The lowest BCUT2D eigenvalue weighted by molar-refractivity contribution is -0.384. The van der Waals surface area contributed by atoms with Crippen molar-refractivity contribution in [1.82, 2.24) is 9.62 Å². The topological polar surface area (TPSA) is 110 Å². The van der Waals surface area contributed by atoms with Crippen LogP contribution in [0.3, 0.4) is 0 Å². The minimum Gasteiger partial charge on any atom is -0.335 e. The van der Waals surface area contributed by atoms with Gasteiger partial charge in [0.05, 0.1) is 16.4 Å². The summed E-state index contributed by atoms with van der Waals surface area (Å²) >= 11 is 5.71. The maximum absolute atomic E-state index is 12.4. The van der Waals surface area contributed by atoms with Crippen molar-refractivity contribution < 1.29 is 18.1 Å². The zero-order chi connectivity index (χ0) is 15.1. The number of sulfonamides is 1. The number of hydrogen-bond donors (Lipinski definition) is 1. The molecule has 2 rings (SSSR count). The Morgan fingerprint density at radius 2 is 2.10 bits per heavy atom. The Kier molecular flexibility index (Phi) is 3.57. The summed E-state index contributed by atoms with van der Waals surface area (Å²) in [6.07, 6.45) is 0. The molecule has 1 heterocycles. The molecule has 1 fully saturated rings. The standard InChI is InChI=1S/C10H10ClN3O5S/c1-6-4-7(11)8(14(16)17)5-9(6)20(18,19)13-3-2-12-10(13)15/h4-5H,2-3H2,1H3,(H,12,15). The lowest BCUT2D eigenvalue weighted by atomic mass is 10.2. The smallest absolute Gasteiger partial charge is 0.331 e. The first kappa shape index (κ1) is 14.5. The number of benzene rings is 1. The van der Waals surface area contributed by atoms with Gasteiger partial charge in [0.15, 0.2) is 0 Å². The number of nitrogens with zero attached hydrogens (tertiary/aromatic N) is 2. The minimum absolute atomic E-state index is 0.0168. The average Bonchev–Trinajstić information content (AvgIpc) is 2.75. The third-order valence-electron chi connectivity index (χ3n) is 2.83. The van der Waals surface area contributed by atoms with E-state index in [0.29, 0.717) is 4.31 Å². The molecule has 2 amide bonds. The van der Waals surface area contributed by atoms with E-state index in [1.165, 1.54) is 13.0 Å². The molecule has 0 spiro atoms. The van der Waals surface area contributed by atoms with Crippen molar-refractivity contribution >= 4 is 33.3 Å². The Morgan fingerprint density at radius 1 is 1.45 bits per heavy atom. The summed E-state index contributed by atoms with van der Waals surface area (Å²) in [5.74, 6) is 0. The van der Waals surface area contributed by atoms with Gasteiger partial charge in [-0.05, 0) is 18.6 Å². The lowest BCUT2D eigenvalue weighted by Crippen LogP contribution is -2.34. The highest BCUT2D eigenvalue weighted by Gasteiger charge is 2.35. The van der Waals surface area contributed by atoms with Crippen LogP contribution in [0.1, 0.15) is 5.56 Å². The highest BCUT2D eigenvalue weighted by atomic mass is 35.5. The van der Waals surface area contributed by atoms with Crippen molar-refractivity contribution in [2.75, 3.05) is 13.1 Å². The van der Waals surface area contributed by atoms with Gasteiger partial charge in [-0.25, -0.2) is 17.5 Å². The van der Waals surface area contributed by atoms with Crippen LogP contribution in [0.25, 0.3) is 0 Å². The van der Waals surface area contributed by atoms with E-state index >= 15 is 0 Å². The number of hydrogen-bond acceptors (Lipinski definition) is 5. The summed E-state index contributed by atoms with van der Waals surface area (Å²) < 4.78 is 25.3. The second-order valence-electron chi connectivity index (χ2n) is 4.14. The fourth-order valence-electron chi connectivity index (χ4n) is 1.86. The molecule has 0 saturated carbocycles. The molecule has 0 atom stereocenters. The van der Waals surface area contributed by atoms with Crippen molar-refractivity contribution in [2.24, 2.45) is 0 Å². The van der Waals surface area contributed by atoms with Gasteiger partial charge >= 0.3 is 6.03 Å². The highest BCUT2D eigenvalue weighted by Crippen LogP contribution is 2.31. The lowest BCUT2D eigenvalue weighted by Gasteiger charge is -2.16. The van der Waals surface area contributed by atoms with Gasteiger partial charge in [0.2, 0.25) is 0 Å². The van der Waals surface area contributed by atoms with E-state index in [1.54, 1.807) is 0 Å². The molecule has 20 heavy (non-hydrogen) atoms. The first-order valence-electron chi connectivity index (χ1n) is 5.50. The first-order chi connectivity index (χ1) is 9.25. The zero-order valence-corrected chi connectivity index (χ0v) is 11.9. The quantitative estimate of drug-likeness (QED) is 0.666. The highest BCUT2D eigenvalue weighted by molar-refractivity contribution is 7.89. The van der Waals surface area contributed by atoms with E-state index in [9.17, 15) is 23.3 Å². The monoisotopic (exact) mass is 319 g/mol. The average molecular weight is 320 g/mol. The molecule has 0 aliphatic carbocycles. The number of amides is 2. The molecule has 1 N–H and O–H groups in total. The third-order valence-corrected chi connectivity index (χ3v) is 5.05. The van der Waals surface area contributed by atoms with E-state index in [0.717, 1.165) is 6.07 Å². The first-order valence-corrected chi connectivity index (χ1v) is 7.32. The van der Waals surface area contributed by atoms with Crippen LogP contribution in [-0.2, 0) is 10.0 Å². The molecule has 1 aromatic rings. The Balaban J connectivity index is 2.60. The Morgan fingerprint density at radius 3 is 2.60 bits per heavy atom. The van der Waals surface area contributed by atoms with Crippen LogP contribution in [0, 0.1) is 17.0 Å². The maximum Gasteiger partial charge on any atom is 0.331 e. The van der Waals surface area contributed by atoms with Crippen molar-refractivity contribution in [3.63, 3.8) is 0 Å². The molecular formula is C10H10ClN3O5S. The number of nitrogens with one attached hydrogen (secondary N) is 1. The zero-order valence-electron chi connectivity index (χ0n) is 10.3. The summed E-state index contributed by atoms with van der Waals surface area (Å²) in [6.45, 7) is 1.64. The summed E-state index contributed by atoms with van der Waals surface area (Å²) in [6, 6.07) is 1.32. The fourth-order valence-corrected chi connectivity index (χ4v) is 3.73. The molecule has 8 nitrogen and oxygen atoms in total. The number of carbonyl (C=O) groups is 1. The summed E-state index contributed by atoms with van der Waals surface area (Å²) in [4.78, 5) is 21.2. The van der Waals surface area contributed by atoms with Crippen LogP contribution in [-0.4, -0.2) is 36.8 Å². The van der Waals surface area contributed by atoms with E-state index in [4.69, 9.17) is 11.6 Å². The van der Waals surface area contributed by atoms with Crippen molar-refractivity contribution in [1.29, 1.82) is 0 Å². The van der Waals surface area contributed by atoms with Gasteiger partial charge < -0.3 is 5.32 Å². The molecule has 10 heteroatoms. The SMILES string of the molecule is Cc1cc(Cl)c([N+](=O)[O-])cc1S(=O)(=O)N1CCNC1=O. The summed E-state index contributed by atoms with van der Waals surface area (Å²) in [5.41, 5.74) is -0.282. The minimum atomic E-state index is -4.13. The molecule has 0 radical (unpaired) electrons. The summed E-state index contributed by atoms with van der Waals surface area (Å²) in [7, 11) is -4.13. The van der Waals surface area contributed by atoms with E-state index in [1.807, 2.05) is 0 Å². The van der Waals surface area contributed by atoms with Crippen molar-refractivity contribution in [3.05, 3.63) is 32.8 Å². The van der Waals surface area contributed by atoms with Gasteiger partial charge in [-0.2, -0.15) is 0 Å². The van der Waals surface area contributed by atoms with Gasteiger partial charge in [-0.15, -0.1) is 0 Å². The van der Waals surface area contributed by atoms with E-state index in [-0.39, 0.29) is 28.6 Å². The van der Waals surface area contributed by atoms with Gasteiger partial charge in [0, 0.05) is 12.6 Å². The Hall–Kier alpha value is -1.87. The number of urea groups is 1. The van der Waals surface area contributed by atoms with Crippen molar-refractivity contribution in [3.8, 4) is 0 Å². The van der Waals surface area contributed by atoms with Crippen LogP contribution < -0.4 is 5.32 Å². The number of halogens is 1. The molecule has 0 unspecified atom stereocenters. The molecule has 0 bridgehead atoms. The normalized spacial score (nSPS) is 15.3. The van der Waals surface area contributed by atoms with Crippen LogP contribution in [0.15, 0.2) is 17.0 Å². The second kappa shape index (κ2) is 4.91. The molecule has 0 aromatic heterocycles.